The van der Waals surface area contributed by atoms with Gasteiger partial charge in [0, 0.05) is 6.54 Å². The van der Waals surface area contributed by atoms with E-state index in [9.17, 15) is 9.90 Å². The number of nitrogens with zero attached hydrogens (tertiary/aromatic N) is 1. The Morgan fingerprint density at radius 3 is 2.82 bits per heavy atom. The summed E-state index contributed by atoms with van der Waals surface area (Å²) in [6.45, 7) is 5.45. The van der Waals surface area contributed by atoms with Crippen LogP contribution < -0.4 is 5.73 Å². The smallest absolute Gasteiger partial charge is 0.234 e. The van der Waals surface area contributed by atoms with Gasteiger partial charge in [-0.15, -0.1) is 0 Å². The van der Waals surface area contributed by atoms with Crippen LogP contribution >= 0.6 is 0 Å². The number of carbonyl (C=O) groups is 1. The fraction of sp³-hybridized carbons (Fsp3) is 0.917. The van der Waals surface area contributed by atoms with Crippen LogP contribution in [-0.2, 0) is 9.53 Å². The second-order valence-corrected chi connectivity index (χ2v) is 4.94. The lowest BCUT2D eigenvalue weighted by molar-refractivity contribution is -0.125. The minimum Gasteiger partial charge on any atom is -0.389 e. The zero-order valence-corrected chi connectivity index (χ0v) is 10.8. The molecule has 0 aliphatic carbocycles. The molecule has 1 heterocycles. The Kier molecular flexibility index (Phi) is 5.88. The number of carbonyl (C=O) groups excluding carboxylic acids is 1. The number of rotatable bonds is 6. The lowest BCUT2D eigenvalue weighted by atomic mass is 10.0. The summed E-state index contributed by atoms with van der Waals surface area (Å²) < 4.78 is 5.35. The minimum atomic E-state index is -0.558. The molecule has 1 aliphatic heterocycles. The van der Waals surface area contributed by atoms with Gasteiger partial charge >= 0.3 is 0 Å². The second kappa shape index (κ2) is 6.93. The number of likely N-dealkylation sites (tertiary alicyclic amines) is 1. The van der Waals surface area contributed by atoms with Crippen molar-refractivity contribution in [3.8, 4) is 0 Å². The molecule has 0 aromatic rings. The molecule has 1 fully saturated rings. The number of piperidine rings is 1. The van der Waals surface area contributed by atoms with Gasteiger partial charge in [0.25, 0.3) is 0 Å². The average molecular weight is 244 g/mol. The van der Waals surface area contributed by atoms with E-state index in [4.69, 9.17) is 10.5 Å². The van der Waals surface area contributed by atoms with E-state index in [1.807, 2.05) is 18.7 Å². The first-order chi connectivity index (χ1) is 8.00. The van der Waals surface area contributed by atoms with Crippen LogP contribution in [0.3, 0.4) is 0 Å². The highest BCUT2D eigenvalue weighted by Gasteiger charge is 2.28. The van der Waals surface area contributed by atoms with Gasteiger partial charge in [-0.1, -0.05) is 6.42 Å². The molecule has 2 unspecified atom stereocenters. The van der Waals surface area contributed by atoms with E-state index in [-0.39, 0.29) is 18.1 Å². The number of primary amides is 1. The molecular formula is C12H24N2O3. The summed E-state index contributed by atoms with van der Waals surface area (Å²) >= 11 is 0. The fourth-order valence-corrected chi connectivity index (χ4v) is 2.16. The molecule has 100 valence electrons. The Hall–Kier alpha value is -0.650. The van der Waals surface area contributed by atoms with Crippen LogP contribution in [0, 0.1) is 0 Å². The molecule has 2 atom stereocenters. The van der Waals surface area contributed by atoms with Crippen molar-refractivity contribution >= 4 is 5.91 Å². The van der Waals surface area contributed by atoms with Gasteiger partial charge < -0.3 is 15.6 Å². The molecule has 5 heteroatoms. The highest BCUT2D eigenvalue weighted by Crippen LogP contribution is 2.17. The predicted octanol–water partition coefficient (Wildman–Crippen LogP) is 0.112. The Bertz CT molecular complexity index is 246. The number of aliphatic hydroxyl groups is 1. The summed E-state index contributed by atoms with van der Waals surface area (Å²) in [4.78, 5) is 13.3. The van der Waals surface area contributed by atoms with E-state index in [2.05, 4.69) is 0 Å². The number of aliphatic hydroxyl groups excluding tert-OH is 1. The van der Waals surface area contributed by atoms with Crippen molar-refractivity contribution in [1.82, 2.24) is 4.90 Å². The molecule has 1 saturated heterocycles. The highest BCUT2D eigenvalue weighted by molar-refractivity contribution is 5.79. The van der Waals surface area contributed by atoms with E-state index >= 15 is 0 Å². The molecule has 0 radical (unpaired) electrons. The van der Waals surface area contributed by atoms with Gasteiger partial charge in [-0.05, 0) is 33.2 Å². The molecule has 0 aromatic carbocycles. The number of hydrogen-bond acceptors (Lipinski definition) is 4. The Balaban J connectivity index is 2.39. The van der Waals surface area contributed by atoms with Crippen LogP contribution in [0.25, 0.3) is 0 Å². The Morgan fingerprint density at radius 1 is 1.53 bits per heavy atom. The predicted molar refractivity (Wildman–Crippen MR) is 65.5 cm³/mol. The number of β-amino-alcohol motifs (C(OH)–C–C–N with tert-alkyl or cyclic N) is 1. The van der Waals surface area contributed by atoms with Crippen LogP contribution in [0.5, 0.6) is 0 Å². The molecule has 1 aliphatic rings. The Labute approximate surface area is 103 Å². The van der Waals surface area contributed by atoms with Crippen molar-refractivity contribution in [1.29, 1.82) is 0 Å². The van der Waals surface area contributed by atoms with Gasteiger partial charge in [-0.2, -0.15) is 0 Å². The van der Waals surface area contributed by atoms with E-state index in [0.29, 0.717) is 13.2 Å². The van der Waals surface area contributed by atoms with Gasteiger partial charge in [0.1, 0.15) is 0 Å². The zero-order valence-electron chi connectivity index (χ0n) is 10.8. The standard InChI is InChI=1S/C12H24N2O3/c1-9(2)17-8-10(15)7-14-6-4-3-5-11(14)12(13)16/h9-11,15H,3-8H2,1-2H3,(H2,13,16). The maximum absolute atomic E-state index is 11.3. The maximum atomic E-state index is 11.3. The zero-order chi connectivity index (χ0) is 12.8. The minimum absolute atomic E-state index is 0.109. The van der Waals surface area contributed by atoms with Crippen LogP contribution in [0.4, 0.5) is 0 Å². The third-order valence-electron chi connectivity index (χ3n) is 3.01. The van der Waals surface area contributed by atoms with Crippen LogP contribution in [0.15, 0.2) is 0 Å². The lowest BCUT2D eigenvalue weighted by Crippen LogP contribution is -2.50. The molecule has 1 amide bonds. The van der Waals surface area contributed by atoms with Crippen molar-refractivity contribution in [2.75, 3.05) is 19.7 Å². The van der Waals surface area contributed by atoms with Gasteiger partial charge in [0.2, 0.25) is 5.91 Å². The largest absolute Gasteiger partial charge is 0.389 e. The van der Waals surface area contributed by atoms with Gasteiger partial charge in [0.05, 0.1) is 24.9 Å². The number of amides is 1. The van der Waals surface area contributed by atoms with Crippen molar-refractivity contribution in [2.45, 2.75) is 51.4 Å². The third-order valence-corrected chi connectivity index (χ3v) is 3.01. The molecule has 0 spiro atoms. The number of hydrogen-bond donors (Lipinski definition) is 2. The topological polar surface area (TPSA) is 75.8 Å². The van der Waals surface area contributed by atoms with Crippen LogP contribution in [0.2, 0.25) is 0 Å². The van der Waals surface area contributed by atoms with Crippen molar-refractivity contribution in [3.05, 3.63) is 0 Å². The third kappa shape index (κ3) is 5.02. The van der Waals surface area contributed by atoms with Crippen LogP contribution in [0.1, 0.15) is 33.1 Å². The molecule has 0 aromatic heterocycles. The van der Waals surface area contributed by atoms with E-state index in [1.165, 1.54) is 0 Å². The van der Waals surface area contributed by atoms with Crippen LogP contribution in [-0.4, -0.2) is 53.9 Å². The summed E-state index contributed by atoms with van der Waals surface area (Å²) in [6, 6.07) is -0.225. The average Bonchev–Trinajstić information content (AvgIpc) is 2.27. The molecular weight excluding hydrogens is 220 g/mol. The van der Waals surface area contributed by atoms with E-state index in [0.717, 1.165) is 25.8 Å². The molecule has 1 rings (SSSR count). The summed E-state index contributed by atoms with van der Waals surface area (Å²) in [5, 5.41) is 9.83. The first-order valence-corrected chi connectivity index (χ1v) is 6.33. The van der Waals surface area contributed by atoms with Gasteiger partial charge in [-0.25, -0.2) is 0 Å². The highest BCUT2D eigenvalue weighted by atomic mass is 16.5. The number of ether oxygens (including phenoxy) is 1. The molecule has 17 heavy (non-hydrogen) atoms. The van der Waals surface area contributed by atoms with Crippen molar-refractivity contribution in [2.24, 2.45) is 5.73 Å². The lowest BCUT2D eigenvalue weighted by Gasteiger charge is -2.34. The maximum Gasteiger partial charge on any atom is 0.234 e. The number of nitrogens with two attached hydrogens (primary N) is 1. The molecule has 3 N–H and O–H groups in total. The van der Waals surface area contributed by atoms with Gasteiger partial charge in [-0.3, -0.25) is 9.69 Å². The molecule has 0 saturated carbocycles. The summed E-state index contributed by atoms with van der Waals surface area (Å²) in [5.41, 5.74) is 5.36. The first-order valence-electron chi connectivity index (χ1n) is 6.33. The summed E-state index contributed by atoms with van der Waals surface area (Å²) in [7, 11) is 0. The quantitative estimate of drug-likeness (QED) is 0.695. The first kappa shape index (κ1) is 14.4. The van der Waals surface area contributed by atoms with E-state index < -0.39 is 6.10 Å². The van der Waals surface area contributed by atoms with Crippen molar-refractivity contribution < 1.29 is 14.6 Å². The van der Waals surface area contributed by atoms with E-state index in [1.54, 1.807) is 0 Å². The Morgan fingerprint density at radius 2 is 2.24 bits per heavy atom. The normalized spacial score (nSPS) is 23.9. The second-order valence-electron chi connectivity index (χ2n) is 4.94. The fourth-order valence-electron chi connectivity index (χ4n) is 2.16. The summed E-state index contributed by atoms with van der Waals surface area (Å²) in [6.07, 6.45) is 2.44. The SMILES string of the molecule is CC(C)OCC(O)CN1CCCCC1C(N)=O. The molecule has 5 nitrogen and oxygen atoms in total. The monoisotopic (exact) mass is 244 g/mol. The molecule has 0 bridgehead atoms. The van der Waals surface area contributed by atoms with Gasteiger partial charge in [0.15, 0.2) is 0 Å². The summed E-state index contributed by atoms with van der Waals surface area (Å²) in [5.74, 6) is -0.290. The van der Waals surface area contributed by atoms with Crippen molar-refractivity contribution in [3.63, 3.8) is 0 Å².